The molecule has 0 radical (unpaired) electrons. The fourth-order valence-electron chi connectivity index (χ4n) is 3.03. The molecule has 0 amide bonds. The number of carbonyl (C=O) groups is 1. The van der Waals surface area contributed by atoms with Gasteiger partial charge in [0.15, 0.2) is 5.82 Å². The number of esters is 1. The van der Waals surface area contributed by atoms with E-state index in [1.807, 2.05) is 6.07 Å². The summed E-state index contributed by atoms with van der Waals surface area (Å²) in [6, 6.07) is 7.44. The van der Waals surface area contributed by atoms with E-state index in [0.29, 0.717) is 29.1 Å². The molecule has 1 aromatic carbocycles. The highest BCUT2D eigenvalue weighted by molar-refractivity contribution is 5.90. The molecule has 7 heteroatoms. The molecule has 7 nitrogen and oxygen atoms in total. The first kappa shape index (κ1) is 17.1. The fraction of sp³-hybridized carbons (Fsp3) is 0.444. The molecule has 1 heterocycles. The smallest absolute Gasteiger partial charge is 0.337 e. The first-order valence-electron chi connectivity index (χ1n) is 8.66. The van der Waals surface area contributed by atoms with E-state index in [0.717, 1.165) is 12.8 Å². The van der Waals surface area contributed by atoms with Crippen LogP contribution in [0.3, 0.4) is 0 Å². The maximum Gasteiger partial charge on any atom is 0.337 e. The number of methoxy groups -OCH3 is 1. The molecule has 0 aliphatic heterocycles. The van der Waals surface area contributed by atoms with Gasteiger partial charge in [-0.1, -0.05) is 31.7 Å². The van der Waals surface area contributed by atoms with Gasteiger partial charge in [-0.25, -0.2) is 4.79 Å². The predicted molar refractivity (Wildman–Crippen MR) is 96.0 cm³/mol. The Morgan fingerprint density at radius 1 is 1.20 bits per heavy atom. The van der Waals surface area contributed by atoms with Gasteiger partial charge >= 0.3 is 5.97 Å². The van der Waals surface area contributed by atoms with Crippen molar-refractivity contribution in [2.24, 2.45) is 0 Å². The van der Waals surface area contributed by atoms with Crippen LogP contribution in [0.5, 0.6) is 0 Å². The molecule has 0 spiro atoms. The van der Waals surface area contributed by atoms with E-state index < -0.39 is 0 Å². The lowest BCUT2D eigenvalue weighted by molar-refractivity contribution is 0.0601. The van der Waals surface area contributed by atoms with Crippen LogP contribution in [-0.2, 0) is 4.74 Å². The molecule has 1 saturated carbocycles. The van der Waals surface area contributed by atoms with Gasteiger partial charge in [0.25, 0.3) is 0 Å². The molecule has 132 valence electrons. The van der Waals surface area contributed by atoms with E-state index in [4.69, 9.17) is 4.74 Å². The number of hydrogen-bond donors (Lipinski definition) is 2. The first-order chi connectivity index (χ1) is 12.2. The normalized spacial score (nSPS) is 15.2. The molecule has 0 bridgehead atoms. The third-order valence-corrected chi connectivity index (χ3v) is 4.31. The van der Waals surface area contributed by atoms with Crippen LogP contribution in [0.1, 0.15) is 48.9 Å². The highest BCUT2D eigenvalue weighted by Crippen LogP contribution is 2.21. The maximum atomic E-state index is 11.6. The van der Waals surface area contributed by atoms with Crippen molar-refractivity contribution in [2.75, 3.05) is 17.7 Å². The minimum Gasteiger partial charge on any atom is -0.465 e. The summed E-state index contributed by atoms with van der Waals surface area (Å²) < 4.78 is 4.74. The van der Waals surface area contributed by atoms with Crippen LogP contribution >= 0.6 is 0 Å². The van der Waals surface area contributed by atoms with E-state index in [1.165, 1.54) is 32.8 Å². The van der Waals surface area contributed by atoms with E-state index in [-0.39, 0.29) is 5.97 Å². The molecule has 1 aliphatic rings. The summed E-state index contributed by atoms with van der Waals surface area (Å²) in [5.74, 6) is 0.723. The zero-order chi connectivity index (χ0) is 17.5. The van der Waals surface area contributed by atoms with Crippen LogP contribution in [0.15, 0.2) is 30.5 Å². The lowest BCUT2D eigenvalue weighted by atomic mass is 10.1. The van der Waals surface area contributed by atoms with Crippen LogP contribution in [0.4, 0.5) is 17.5 Å². The second-order valence-electron chi connectivity index (χ2n) is 6.20. The lowest BCUT2D eigenvalue weighted by Crippen LogP contribution is -2.19. The summed E-state index contributed by atoms with van der Waals surface area (Å²) in [4.78, 5) is 16.1. The van der Waals surface area contributed by atoms with Gasteiger partial charge in [0.2, 0.25) is 5.95 Å². The monoisotopic (exact) mass is 341 g/mol. The van der Waals surface area contributed by atoms with Gasteiger partial charge in [0.05, 0.1) is 18.9 Å². The summed E-state index contributed by atoms with van der Waals surface area (Å²) in [7, 11) is 1.36. The van der Waals surface area contributed by atoms with E-state index in [9.17, 15) is 4.79 Å². The Morgan fingerprint density at radius 2 is 2.00 bits per heavy atom. The minimum absolute atomic E-state index is 0.383. The molecule has 2 aromatic rings. The Hall–Kier alpha value is -2.70. The van der Waals surface area contributed by atoms with Gasteiger partial charge in [0.1, 0.15) is 0 Å². The number of hydrogen-bond acceptors (Lipinski definition) is 7. The van der Waals surface area contributed by atoms with Crippen LogP contribution in [0.25, 0.3) is 0 Å². The molecule has 1 aliphatic carbocycles. The largest absolute Gasteiger partial charge is 0.465 e. The summed E-state index contributed by atoms with van der Waals surface area (Å²) in [6.07, 6.45) is 9.08. The number of nitrogens with one attached hydrogen (secondary N) is 2. The van der Waals surface area contributed by atoms with Crippen molar-refractivity contribution in [2.45, 2.75) is 44.6 Å². The molecule has 2 N–H and O–H groups in total. The number of rotatable bonds is 5. The first-order valence-corrected chi connectivity index (χ1v) is 8.66. The summed E-state index contributed by atoms with van der Waals surface area (Å²) in [5, 5.41) is 14.6. The van der Waals surface area contributed by atoms with Crippen LogP contribution in [0, 0.1) is 0 Å². The Kier molecular flexibility index (Phi) is 5.77. The number of carbonyl (C=O) groups excluding carboxylic acids is 1. The van der Waals surface area contributed by atoms with Gasteiger partial charge in [-0.05, 0) is 31.0 Å². The molecular formula is C18H23N5O2. The number of nitrogens with zero attached hydrogens (tertiary/aromatic N) is 3. The van der Waals surface area contributed by atoms with Gasteiger partial charge in [0, 0.05) is 11.7 Å². The molecule has 1 aromatic heterocycles. The van der Waals surface area contributed by atoms with E-state index in [1.54, 1.807) is 24.4 Å². The van der Waals surface area contributed by atoms with Gasteiger partial charge in [-0.3, -0.25) is 0 Å². The molecular weight excluding hydrogens is 318 g/mol. The topological polar surface area (TPSA) is 89.0 Å². The molecule has 0 saturated heterocycles. The molecule has 1 fully saturated rings. The third kappa shape index (κ3) is 4.89. The Bertz CT molecular complexity index is 714. The van der Waals surface area contributed by atoms with Crippen molar-refractivity contribution < 1.29 is 9.53 Å². The van der Waals surface area contributed by atoms with Crippen molar-refractivity contribution in [1.82, 2.24) is 15.2 Å². The standard InChI is InChI=1S/C18H23N5O2/c1-25-17(24)13-7-6-10-15(11-13)21-18-22-16(12-19-23-18)20-14-8-4-2-3-5-9-14/h6-7,10-12,14H,2-5,8-9H2,1H3,(H2,20,21,22,23). The fourth-order valence-corrected chi connectivity index (χ4v) is 3.03. The molecule has 25 heavy (non-hydrogen) atoms. The summed E-state index contributed by atoms with van der Waals surface area (Å²) in [6.45, 7) is 0. The maximum absolute atomic E-state index is 11.6. The zero-order valence-electron chi connectivity index (χ0n) is 14.4. The number of aromatic nitrogens is 3. The van der Waals surface area contributed by atoms with Gasteiger partial charge in [-0.2, -0.15) is 10.1 Å². The number of anilines is 3. The summed E-state index contributed by atoms with van der Waals surface area (Å²) in [5.41, 5.74) is 1.17. The van der Waals surface area contributed by atoms with Crippen molar-refractivity contribution in [1.29, 1.82) is 0 Å². The Balaban J connectivity index is 1.68. The van der Waals surface area contributed by atoms with E-state index >= 15 is 0 Å². The molecule has 3 rings (SSSR count). The van der Waals surface area contributed by atoms with Gasteiger partial charge < -0.3 is 15.4 Å². The van der Waals surface area contributed by atoms with Crippen LogP contribution in [-0.4, -0.2) is 34.3 Å². The van der Waals surface area contributed by atoms with Crippen LogP contribution in [0.2, 0.25) is 0 Å². The quantitative estimate of drug-likeness (QED) is 0.635. The second-order valence-corrected chi connectivity index (χ2v) is 6.20. The number of benzene rings is 1. The van der Waals surface area contributed by atoms with Crippen molar-refractivity contribution >= 4 is 23.4 Å². The molecule has 0 unspecified atom stereocenters. The summed E-state index contributed by atoms with van der Waals surface area (Å²) >= 11 is 0. The highest BCUT2D eigenvalue weighted by Gasteiger charge is 2.13. The zero-order valence-corrected chi connectivity index (χ0v) is 14.4. The number of ether oxygens (including phenoxy) is 1. The van der Waals surface area contributed by atoms with E-state index in [2.05, 4.69) is 25.8 Å². The minimum atomic E-state index is -0.383. The molecule has 0 atom stereocenters. The Labute approximate surface area is 147 Å². The van der Waals surface area contributed by atoms with Crippen molar-refractivity contribution in [3.05, 3.63) is 36.0 Å². The highest BCUT2D eigenvalue weighted by atomic mass is 16.5. The SMILES string of the molecule is COC(=O)c1cccc(Nc2nncc(NC3CCCCCC3)n2)c1. The Morgan fingerprint density at radius 3 is 2.76 bits per heavy atom. The van der Waals surface area contributed by atoms with Crippen LogP contribution < -0.4 is 10.6 Å². The average molecular weight is 341 g/mol. The average Bonchev–Trinajstić information content (AvgIpc) is 2.90. The predicted octanol–water partition coefficient (Wildman–Crippen LogP) is 3.54. The van der Waals surface area contributed by atoms with Crippen molar-refractivity contribution in [3.63, 3.8) is 0 Å². The third-order valence-electron chi connectivity index (χ3n) is 4.31. The lowest BCUT2D eigenvalue weighted by Gasteiger charge is -2.16. The second kappa shape index (κ2) is 8.41. The van der Waals surface area contributed by atoms with Gasteiger partial charge in [-0.15, -0.1) is 5.10 Å². The van der Waals surface area contributed by atoms with Crippen molar-refractivity contribution in [3.8, 4) is 0 Å².